The van der Waals surface area contributed by atoms with Crippen LogP contribution in [0.1, 0.15) is 22.8 Å². The van der Waals surface area contributed by atoms with E-state index < -0.39 is 0 Å². The van der Waals surface area contributed by atoms with E-state index in [1.807, 2.05) is 43.8 Å². The Kier molecular flexibility index (Phi) is 3.46. The van der Waals surface area contributed by atoms with Gasteiger partial charge in [0.05, 0.1) is 17.9 Å². The molecule has 2 rings (SSSR count). The SMILES string of the molecule is CCOC(=O)c1c(C)cn(C)c1-c1ccncc1. The number of pyridine rings is 1. The van der Waals surface area contributed by atoms with E-state index in [1.54, 1.807) is 12.4 Å². The zero-order valence-corrected chi connectivity index (χ0v) is 10.8. The Morgan fingerprint density at radius 1 is 1.39 bits per heavy atom. The first-order valence-electron chi connectivity index (χ1n) is 5.88. The van der Waals surface area contributed by atoms with Crippen LogP contribution in [0, 0.1) is 6.92 Å². The van der Waals surface area contributed by atoms with Crippen molar-refractivity contribution in [1.29, 1.82) is 0 Å². The molecule has 4 nitrogen and oxygen atoms in total. The summed E-state index contributed by atoms with van der Waals surface area (Å²) in [4.78, 5) is 16.0. The number of carbonyl (C=O) groups excluding carboxylic acids is 1. The second kappa shape index (κ2) is 5.04. The maximum absolute atomic E-state index is 12.0. The molecule has 2 aromatic rings. The highest BCUT2D eigenvalue weighted by Gasteiger charge is 2.20. The lowest BCUT2D eigenvalue weighted by molar-refractivity contribution is 0.0526. The fraction of sp³-hybridized carbons (Fsp3) is 0.286. The summed E-state index contributed by atoms with van der Waals surface area (Å²) in [5.74, 6) is -0.276. The number of aryl methyl sites for hydroxylation is 2. The lowest BCUT2D eigenvalue weighted by atomic mass is 10.1. The fourth-order valence-corrected chi connectivity index (χ4v) is 2.10. The molecule has 0 bridgehead atoms. The third-order valence-corrected chi connectivity index (χ3v) is 2.80. The first-order valence-corrected chi connectivity index (χ1v) is 5.88. The highest BCUT2D eigenvalue weighted by Crippen LogP contribution is 2.27. The normalized spacial score (nSPS) is 10.4. The smallest absolute Gasteiger partial charge is 0.340 e. The van der Waals surface area contributed by atoms with Crippen molar-refractivity contribution in [3.63, 3.8) is 0 Å². The van der Waals surface area contributed by atoms with Crippen LogP contribution in [0.3, 0.4) is 0 Å². The molecule has 0 aliphatic heterocycles. The van der Waals surface area contributed by atoms with E-state index >= 15 is 0 Å². The monoisotopic (exact) mass is 244 g/mol. The van der Waals surface area contributed by atoms with Crippen molar-refractivity contribution in [3.8, 4) is 11.3 Å². The lowest BCUT2D eigenvalue weighted by Crippen LogP contribution is -2.07. The Labute approximate surface area is 106 Å². The quantitative estimate of drug-likeness (QED) is 0.779. The standard InChI is InChI=1S/C14H16N2O2/c1-4-18-14(17)12-10(2)9-16(3)13(12)11-5-7-15-8-6-11/h5-9H,4H2,1-3H3. The van der Waals surface area contributed by atoms with Gasteiger partial charge < -0.3 is 9.30 Å². The Morgan fingerprint density at radius 2 is 2.06 bits per heavy atom. The van der Waals surface area contributed by atoms with Crippen LogP contribution in [0.15, 0.2) is 30.7 Å². The second-order valence-corrected chi connectivity index (χ2v) is 4.10. The van der Waals surface area contributed by atoms with Gasteiger partial charge in [0, 0.05) is 31.2 Å². The summed E-state index contributed by atoms with van der Waals surface area (Å²) in [6, 6.07) is 3.77. The van der Waals surface area contributed by atoms with Crippen LogP contribution in [0.25, 0.3) is 11.3 Å². The van der Waals surface area contributed by atoms with Gasteiger partial charge in [-0.3, -0.25) is 4.98 Å². The maximum atomic E-state index is 12.0. The number of rotatable bonds is 3. The van der Waals surface area contributed by atoms with Crippen LogP contribution in [0.4, 0.5) is 0 Å². The maximum Gasteiger partial charge on any atom is 0.340 e. The molecular formula is C14H16N2O2. The summed E-state index contributed by atoms with van der Waals surface area (Å²) in [5, 5.41) is 0. The molecule has 0 aromatic carbocycles. The van der Waals surface area contributed by atoms with Gasteiger partial charge in [-0.05, 0) is 31.5 Å². The molecule has 0 unspecified atom stereocenters. The Bertz CT molecular complexity index is 559. The molecule has 0 atom stereocenters. The van der Waals surface area contributed by atoms with Crippen LogP contribution >= 0.6 is 0 Å². The van der Waals surface area contributed by atoms with Crippen molar-refractivity contribution in [2.75, 3.05) is 6.61 Å². The average Bonchev–Trinajstić information content (AvgIpc) is 2.65. The molecule has 2 heterocycles. The first kappa shape index (κ1) is 12.4. The van der Waals surface area contributed by atoms with E-state index in [2.05, 4.69) is 4.98 Å². The predicted molar refractivity (Wildman–Crippen MR) is 69.3 cm³/mol. The van der Waals surface area contributed by atoms with E-state index in [0.717, 1.165) is 16.8 Å². The van der Waals surface area contributed by atoms with Crippen molar-refractivity contribution in [1.82, 2.24) is 9.55 Å². The van der Waals surface area contributed by atoms with Gasteiger partial charge in [-0.25, -0.2) is 4.79 Å². The fourth-order valence-electron chi connectivity index (χ4n) is 2.10. The Morgan fingerprint density at radius 3 is 2.67 bits per heavy atom. The van der Waals surface area contributed by atoms with E-state index in [4.69, 9.17) is 4.74 Å². The number of ether oxygens (including phenoxy) is 1. The molecule has 0 amide bonds. The number of esters is 1. The van der Waals surface area contributed by atoms with Crippen LogP contribution < -0.4 is 0 Å². The summed E-state index contributed by atoms with van der Waals surface area (Å²) < 4.78 is 7.06. The summed E-state index contributed by atoms with van der Waals surface area (Å²) in [7, 11) is 1.92. The molecule has 4 heteroatoms. The molecular weight excluding hydrogens is 228 g/mol. The van der Waals surface area contributed by atoms with Gasteiger partial charge in [-0.2, -0.15) is 0 Å². The Balaban J connectivity index is 2.57. The third-order valence-electron chi connectivity index (χ3n) is 2.80. The highest BCUT2D eigenvalue weighted by atomic mass is 16.5. The van der Waals surface area contributed by atoms with Gasteiger partial charge >= 0.3 is 5.97 Å². The molecule has 0 saturated heterocycles. The molecule has 0 spiro atoms. The van der Waals surface area contributed by atoms with E-state index in [0.29, 0.717) is 12.2 Å². The second-order valence-electron chi connectivity index (χ2n) is 4.10. The topological polar surface area (TPSA) is 44.1 Å². The third kappa shape index (κ3) is 2.14. The molecule has 94 valence electrons. The number of hydrogen-bond acceptors (Lipinski definition) is 3. The minimum Gasteiger partial charge on any atom is -0.462 e. The van der Waals surface area contributed by atoms with Crippen molar-refractivity contribution in [2.45, 2.75) is 13.8 Å². The summed E-state index contributed by atoms with van der Waals surface area (Å²) in [6.07, 6.45) is 5.36. The zero-order valence-electron chi connectivity index (χ0n) is 10.8. The van der Waals surface area contributed by atoms with Crippen LogP contribution in [0.2, 0.25) is 0 Å². The van der Waals surface area contributed by atoms with Gasteiger partial charge in [0.25, 0.3) is 0 Å². The molecule has 2 aromatic heterocycles. The van der Waals surface area contributed by atoms with E-state index in [-0.39, 0.29) is 5.97 Å². The van der Waals surface area contributed by atoms with Crippen molar-refractivity contribution < 1.29 is 9.53 Å². The summed E-state index contributed by atoms with van der Waals surface area (Å²) >= 11 is 0. The molecule has 0 N–H and O–H groups in total. The summed E-state index contributed by atoms with van der Waals surface area (Å²) in [5.41, 5.74) is 3.38. The Hall–Kier alpha value is -2.10. The van der Waals surface area contributed by atoms with Gasteiger partial charge in [0.15, 0.2) is 0 Å². The minimum absolute atomic E-state index is 0.276. The summed E-state index contributed by atoms with van der Waals surface area (Å²) in [6.45, 7) is 4.10. The molecule has 0 aliphatic carbocycles. The average molecular weight is 244 g/mol. The number of hydrogen-bond donors (Lipinski definition) is 0. The van der Waals surface area contributed by atoms with E-state index in [9.17, 15) is 4.79 Å². The zero-order chi connectivity index (χ0) is 13.1. The predicted octanol–water partition coefficient (Wildman–Crippen LogP) is 2.57. The van der Waals surface area contributed by atoms with Crippen LogP contribution in [-0.2, 0) is 11.8 Å². The molecule has 0 aliphatic rings. The highest BCUT2D eigenvalue weighted by molar-refractivity contribution is 5.98. The van der Waals surface area contributed by atoms with Crippen molar-refractivity contribution in [2.24, 2.45) is 7.05 Å². The van der Waals surface area contributed by atoms with Crippen molar-refractivity contribution in [3.05, 3.63) is 41.9 Å². The molecule has 0 saturated carbocycles. The van der Waals surface area contributed by atoms with Gasteiger partial charge in [0.1, 0.15) is 0 Å². The van der Waals surface area contributed by atoms with Gasteiger partial charge in [-0.1, -0.05) is 0 Å². The molecule has 0 fully saturated rings. The van der Waals surface area contributed by atoms with E-state index in [1.165, 1.54) is 0 Å². The minimum atomic E-state index is -0.276. The number of aromatic nitrogens is 2. The lowest BCUT2D eigenvalue weighted by Gasteiger charge is -2.07. The number of carbonyl (C=O) groups is 1. The van der Waals surface area contributed by atoms with Gasteiger partial charge in [0.2, 0.25) is 0 Å². The largest absolute Gasteiger partial charge is 0.462 e. The number of nitrogens with zero attached hydrogens (tertiary/aromatic N) is 2. The van der Waals surface area contributed by atoms with Crippen molar-refractivity contribution >= 4 is 5.97 Å². The molecule has 18 heavy (non-hydrogen) atoms. The first-order chi connectivity index (χ1) is 8.65. The van der Waals surface area contributed by atoms with Gasteiger partial charge in [-0.15, -0.1) is 0 Å². The molecule has 0 radical (unpaired) electrons. The van der Waals surface area contributed by atoms with Crippen LogP contribution in [-0.4, -0.2) is 22.1 Å². The van der Waals surface area contributed by atoms with Crippen LogP contribution in [0.5, 0.6) is 0 Å².